The lowest BCUT2D eigenvalue weighted by Gasteiger charge is -2.01. The molecule has 0 bridgehead atoms. The molecule has 0 spiro atoms. The molecule has 0 atom stereocenters. The van der Waals surface area contributed by atoms with Crippen molar-refractivity contribution in [1.82, 2.24) is 10.2 Å². The van der Waals surface area contributed by atoms with Crippen LogP contribution in [0.5, 0.6) is 0 Å². The van der Waals surface area contributed by atoms with Crippen LogP contribution in [0.15, 0.2) is 30.3 Å². The highest BCUT2D eigenvalue weighted by Crippen LogP contribution is 2.22. The maximum Gasteiger partial charge on any atom is 0.236 e. The van der Waals surface area contributed by atoms with Gasteiger partial charge in [0.2, 0.25) is 16.2 Å². The summed E-state index contributed by atoms with van der Waals surface area (Å²) in [6.45, 7) is 4.03. The second-order valence-electron chi connectivity index (χ2n) is 4.59. The highest BCUT2D eigenvalue weighted by Gasteiger charge is 2.13. The molecule has 0 saturated carbocycles. The number of aromatic nitrogens is 2. The van der Waals surface area contributed by atoms with E-state index in [0.29, 0.717) is 10.7 Å². The van der Waals surface area contributed by atoms with Crippen LogP contribution in [0.3, 0.4) is 0 Å². The lowest BCUT2D eigenvalue weighted by molar-refractivity contribution is -0.113. The Labute approximate surface area is 131 Å². The Morgan fingerprint density at radius 3 is 2.57 bits per heavy atom. The van der Waals surface area contributed by atoms with Gasteiger partial charge in [0.15, 0.2) is 0 Å². The average molecular weight is 321 g/mol. The van der Waals surface area contributed by atoms with Crippen LogP contribution in [0.4, 0.5) is 5.13 Å². The van der Waals surface area contributed by atoms with E-state index in [9.17, 15) is 9.59 Å². The third kappa shape index (κ3) is 4.64. The minimum Gasteiger partial charge on any atom is -0.300 e. The minimum atomic E-state index is -0.254. The fourth-order valence-corrected chi connectivity index (χ4v) is 2.86. The number of hydrogen-bond acceptors (Lipinski definition) is 6. The molecule has 1 aromatic carbocycles. The number of thioether (sulfide) groups is 1. The van der Waals surface area contributed by atoms with Crippen LogP contribution in [0.2, 0.25) is 0 Å². The van der Waals surface area contributed by atoms with Crippen molar-refractivity contribution in [3.63, 3.8) is 0 Å². The SMILES string of the molecule is CC(C)c1nnc(NC(=O)CSC(=O)c2ccccc2)s1. The molecule has 0 aliphatic heterocycles. The molecular weight excluding hydrogens is 306 g/mol. The summed E-state index contributed by atoms with van der Waals surface area (Å²) in [7, 11) is 0. The normalized spacial score (nSPS) is 10.6. The zero-order chi connectivity index (χ0) is 15.2. The topological polar surface area (TPSA) is 72.0 Å². The van der Waals surface area contributed by atoms with E-state index < -0.39 is 0 Å². The van der Waals surface area contributed by atoms with E-state index in [4.69, 9.17) is 0 Å². The first kappa shape index (κ1) is 15.7. The Bertz CT molecular complexity index is 626. The van der Waals surface area contributed by atoms with Gasteiger partial charge in [-0.2, -0.15) is 0 Å². The molecular formula is C14H15N3O2S2. The van der Waals surface area contributed by atoms with Crippen molar-refractivity contribution in [2.75, 3.05) is 11.1 Å². The molecule has 1 aromatic heterocycles. The largest absolute Gasteiger partial charge is 0.300 e. The molecule has 7 heteroatoms. The summed E-state index contributed by atoms with van der Waals surface area (Å²) in [5.41, 5.74) is 0.591. The van der Waals surface area contributed by atoms with E-state index >= 15 is 0 Å². The van der Waals surface area contributed by atoms with Crippen LogP contribution in [0.25, 0.3) is 0 Å². The second kappa shape index (κ2) is 7.33. The lowest BCUT2D eigenvalue weighted by atomic mass is 10.2. The Balaban J connectivity index is 1.83. The van der Waals surface area contributed by atoms with E-state index in [1.54, 1.807) is 24.3 Å². The maximum absolute atomic E-state index is 11.9. The summed E-state index contributed by atoms with van der Waals surface area (Å²) in [4.78, 5) is 23.6. The molecule has 0 aliphatic rings. The number of rotatable bonds is 5. The number of amides is 1. The average Bonchev–Trinajstić information content (AvgIpc) is 2.94. The number of nitrogens with one attached hydrogen (secondary N) is 1. The third-order valence-electron chi connectivity index (χ3n) is 2.52. The van der Waals surface area contributed by atoms with Gasteiger partial charge in [0.05, 0.1) is 5.75 Å². The molecule has 21 heavy (non-hydrogen) atoms. The first-order valence-corrected chi connectivity index (χ1v) is 8.22. The van der Waals surface area contributed by atoms with Gasteiger partial charge in [-0.05, 0) is 0 Å². The molecule has 0 saturated heterocycles. The molecule has 2 aromatic rings. The fraction of sp³-hybridized carbons (Fsp3) is 0.286. The molecule has 0 fully saturated rings. The van der Waals surface area contributed by atoms with E-state index in [1.807, 2.05) is 19.9 Å². The summed E-state index contributed by atoms with van der Waals surface area (Å²) in [5, 5.41) is 11.8. The molecule has 0 aliphatic carbocycles. The van der Waals surface area contributed by atoms with Gasteiger partial charge in [-0.1, -0.05) is 67.3 Å². The number of hydrogen-bond donors (Lipinski definition) is 1. The molecule has 1 amide bonds. The van der Waals surface area contributed by atoms with Crippen LogP contribution in [0.1, 0.15) is 35.1 Å². The zero-order valence-corrected chi connectivity index (χ0v) is 13.3. The van der Waals surface area contributed by atoms with Crippen molar-refractivity contribution >= 4 is 39.3 Å². The van der Waals surface area contributed by atoms with Crippen molar-refractivity contribution in [2.24, 2.45) is 0 Å². The predicted molar refractivity (Wildman–Crippen MR) is 85.9 cm³/mol. The molecule has 1 heterocycles. The van der Waals surface area contributed by atoms with Gasteiger partial charge < -0.3 is 0 Å². The standard InChI is InChI=1S/C14H15N3O2S2/c1-9(2)12-16-17-14(21-12)15-11(18)8-20-13(19)10-6-4-3-5-7-10/h3-7,9H,8H2,1-2H3,(H,15,17,18). The van der Waals surface area contributed by atoms with Gasteiger partial charge in [-0.25, -0.2) is 0 Å². The van der Waals surface area contributed by atoms with Crippen molar-refractivity contribution in [3.8, 4) is 0 Å². The summed E-state index contributed by atoms with van der Waals surface area (Å²) in [5.74, 6) is 0.0857. The number of carbonyl (C=O) groups excluding carboxylic acids is 2. The first-order chi connectivity index (χ1) is 10.1. The van der Waals surface area contributed by atoms with Crippen molar-refractivity contribution in [1.29, 1.82) is 0 Å². The van der Waals surface area contributed by atoms with E-state index in [1.165, 1.54) is 11.3 Å². The minimum absolute atomic E-state index is 0.0598. The summed E-state index contributed by atoms with van der Waals surface area (Å²) < 4.78 is 0. The Morgan fingerprint density at radius 1 is 1.24 bits per heavy atom. The number of carbonyl (C=O) groups is 2. The molecule has 1 N–H and O–H groups in total. The van der Waals surface area contributed by atoms with Crippen LogP contribution in [-0.2, 0) is 4.79 Å². The number of nitrogens with zero attached hydrogens (tertiary/aromatic N) is 2. The maximum atomic E-state index is 11.9. The van der Waals surface area contributed by atoms with E-state index in [2.05, 4.69) is 15.5 Å². The lowest BCUT2D eigenvalue weighted by Crippen LogP contribution is -2.15. The monoisotopic (exact) mass is 321 g/mol. The molecule has 110 valence electrons. The fourth-order valence-electron chi connectivity index (χ4n) is 1.46. The van der Waals surface area contributed by atoms with Crippen molar-refractivity contribution in [3.05, 3.63) is 40.9 Å². The van der Waals surface area contributed by atoms with E-state index in [-0.39, 0.29) is 22.7 Å². The Hall–Kier alpha value is -1.73. The predicted octanol–water partition coefficient (Wildman–Crippen LogP) is 3.17. The van der Waals surface area contributed by atoms with Crippen molar-refractivity contribution in [2.45, 2.75) is 19.8 Å². The van der Waals surface area contributed by atoms with Gasteiger partial charge >= 0.3 is 0 Å². The van der Waals surface area contributed by atoms with Gasteiger partial charge in [-0.3, -0.25) is 14.9 Å². The summed E-state index contributed by atoms with van der Waals surface area (Å²) in [6, 6.07) is 8.89. The molecule has 0 unspecified atom stereocenters. The second-order valence-corrected chi connectivity index (χ2v) is 6.55. The summed E-state index contributed by atoms with van der Waals surface area (Å²) in [6.07, 6.45) is 0. The quantitative estimate of drug-likeness (QED) is 0.916. The smallest absolute Gasteiger partial charge is 0.236 e. The first-order valence-electron chi connectivity index (χ1n) is 6.41. The molecule has 5 nitrogen and oxygen atoms in total. The van der Waals surface area contributed by atoms with Crippen molar-refractivity contribution < 1.29 is 9.59 Å². The van der Waals surface area contributed by atoms with Gasteiger partial charge in [0.1, 0.15) is 5.01 Å². The van der Waals surface area contributed by atoms with Gasteiger partial charge in [-0.15, -0.1) is 10.2 Å². The number of anilines is 1. The highest BCUT2D eigenvalue weighted by molar-refractivity contribution is 8.14. The van der Waals surface area contributed by atoms with Crippen LogP contribution in [0, 0.1) is 0 Å². The van der Waals surface area contributed by atoms with Gasteiger partial charge in [0, 0.05) is 11.5 Å². The molecule has 0 radical (unpaired) electrons. The van der Waals surface area contributed by atoms with Crippen LogP contribution < -0.4 is 5.32 Å². The molecule has 2 rings (SSSR count). The van der Waals surface area contributed by atoms with Gasteiger partial charge in [0.25, 0.3) is 0 Å². The number of benzene rings is 1. The third-order valence-corrected chi connectivity index (χ3v) is 4.57. The zero-order valence-electron chi connectivity index (χ0n) is 11.7. The summed E-state index contributed by atoms with van der Waals surface area (Å²) >= 11 is 2.33. The van der Waals surface area contributed by atoms with Crippen LogP contribution >= 0.6 is 23.1 Å². The van der Waals surface area contributed by atoms with Crippen LogP contribution in [-0.4, -0.2) is 27.0 Å². The Kier molecular flexibility index (Phi) is 5.46. The van der Waals surface area contributed by atoms with E-state index in [0.717, 1.165) is 16.8 Å². The Morgan fingerprint density at radius 2 is 1.95 bits per heavy atom. The highest BCUT2D eigenvalue weighted by atomic mass is 32.2.